The monoisotopic (exact) mass is 244 g/mol. The minimum absolute atomic E-state index is 0.00572. The summed E-state index contributed by atoms with van der Waals surface area (Å²) in [6.07, 6.45) is 2.81. The van der Waals surface area contributed by atoms with Crippen LogP contribution in [0.3, 0.4) is 0 Å². The van der Waals surface area contributed by atoms with Crippen LogP contribution < -0.4 is 11.1 Å². The van der Waals surface area contributed by atoms with Crippen molar-refractivity contribution < 1.29 is 9.90 Å². The molecule has 0 saturated carbocycles. The Bertz CT molecular complexity index is 224. The largest absolute Gasteiger partial charge is 0.396 e. The third-order valence-corrected chi connectivity index (χ3v) is 2.91. The quantitative estimate of drug-likeness (QED) is 0.634. The van der Waals surface area contributed by atoms with E-state index in [1.54, 1.807) is 0 Å². The molecule has 17 heavy (non-hydrogen) atoms. The number of hydrogen-bond donors (Lipinski definition) is 3. The van der Waals surface area contributed by atoms with Gasteiger partial charge in [0.1, 0.15) is 0 Å². The summed E-state index contributed by atoms with van der Waals surface area (Å²) in [4.78, 5) is 11.8. The maximum atomic E-state index is 11.8. The average molecular weight is 244 g/mol. The van der Waals surface area contributed by atoms with Crippen molar-refractivity contribution >= 4 is 5.91 Å². The Morgan fingerprint density at radius 3 is 2.35 bits per heavy atom. The maximum absolute atomic E-state index is 11.8. The first kappa shape index (κ1) is 16.4. The van der Waals surface area contributed by atoms with E-state index < -0.39 is 0 Å². The molecule has 0 heterocycles. The number of aliphatic hydroxyl groups is 1. The zero-order valence-electron chi connectivity index (χ0n) is 11.6. The van der Waals surface area contributed by atoms with Gasteiger partial charge in [0.2, 0.25) is 5.91 Å². The van der Waals surface area contributed by atoms with Gasteiger partial charge in [-0.05, 0) is 18.3 Å². The van der Waals surface area contributed by atoms with Crippen LogP contribution in [0.4, 0.5) is 0 Å². The molecule has 102 valence electrons. The first-order valence-corrected chi connectivity index (χ1v) is 6.47. The third-order valence-electron chi connectivity index (χ3n) is 2.91. The van der Waals surface area contributed by atoms with Gasteiger partial charge in [-0.25, -0.2) is 0 Å². The van der Waals surface area contributed by atoms with Gasteiger partial charge < -0.3 is 16.2 Å². The average Bonchev–Trinajstić information content (AvgIpc) is 2.15. The smallest absolute Gasteiger partial charge is 0.221 e. The number of nitrogens with two attached hydrogens (primary N) is 1. The van der Waals surface area contributed by atoms with Crippen molar-refractivity contribution in [1.82, 2.24) is 5.32 Å². The summed E-state index contributed by atoms with van der Waals surface area (Å²) in [5, 5.41) is 12.0. The third kappa shape index (κ3) is 7.34. The van der Waals surface area contributed by atoms with Crippen molar-refractivity contribution in [3.8, 4) is 0 Å². The van der Waals surface area contributed by atoms with E-state index in [1.165, 1.54) is 0 Å². The van der Waals surface area contributed by atoms with Gasteiger partial charge >= 0.3 is 0 Å². The van der Waals surface area contributed by atoms with Crippen LogP contribution in [0.1, 0.15) is 53.4 Å². The van der Waals surface area contributed by atoms with Crippen LogP contribution in [0.5, 0.6) is 0 Å². The van der Waals surface area contributed by atoms with Crippen molar-refractivity contribution in [2.24, 2.45) is 11.1 Å². The van der Waals surface area contributed by atoms with E-state index in [1.807, 2.05) is 0 Å². The molecule has 4 N–H and O–H groups in total. The summed E-state index contributed by atoms with van der Waals surface area (Å²) in [5.41, 5.74) is 5.79. The van der Waals surface area contributed by atoms with Crippen LogP contribution >= 0.6 is 0 Å². The zero-order valence-corrected chi connectivity index (χ0v) is 11.6. The van der Waals surface area contributed by atoms with E-state index in [9.17, 15) is 4.79 Å². The second-order valence-corrected chi connectivity index (χ2v) is 5.75. The Hall–Kier alpha value is -0.610. The van der Waals surface area contributed by atoms with Crippen molar-refractivity contribution in [3.63, 3.8) is 0 Å². The molecule has 0 rings (SSSR count). The van der Waals surface area contributed by atoms with Crippen LogP contribution in [0.2, 0.25) is 0 Å². The number of carbonyl (C=O) groups is 1. The SMILES string of the molecule is CCCC(N)CC(=O)NC(CCO)C(C)(C)C. The molecule has 2 atom stereocenters. The highest BCUT2D eigenvalue weighted by molar-refractivity contribution is 5.76. The molecule has 0 bridgehead atoms. The van der Waals surface area contributed by atoms with Gasteiger partial charge in [0.25, 0.3) is 0 Å². The normalized spacial score (nSPS) is 15.4. The number of nitrogens with one attached hydrogen (secondary N) is 1. The number of amides is 1. The zero-order chi connectivity index (χ0) is 13.5. The number of hydrogen-bond acceptors (Lipinski definition) is 3. The molecule has 4 nitrogen and oxygen atoms in total. The van der Waals surface area contributed by atoms with E-state index in [-0.39, 0.29) is 30.0 Å². The van der Waals surface area contributed by atoms with Crippen LogP contribution in [-0.2, 0) is 4.79 Å². The highest BCUT2D eigenvalue weighted by Gasteiger charge is 2.25. The van der Waals surface area contributed by atoms with Crippen molar-refractivity contribution in [2.45, 2.75) is 65.5 Å². The fourth-order valence-electron chi connectivity index (χ4n) is 1.82. The van der Waals surface area contributed by atoms with Gasteiger partial charge in [0, 0.05) is 25.1 Å². The van der Waals surface area contributed by atoms with E-state index in [0.717, 1.165) is 12.8 Å². The summed E-state index contributed by atoms with van der Waals surface area (Å²) < 4.78 is 0. The second kappa shape index (κ2) is 7.67. The standard InChI is InChI=1S/C13H28N2O2/c1-5-6-10(14)9-12(17)15-11(7-8-16)13(2,3)4/h10-11,16H,5-9,14H2,1-4H3,(H,15,17). The van der Waals surface area contributed by atoms with Crippen molar-refractivity contribution in [3.05, 3.63) is 0 Å². The van der Waals surface area contributed by atoms with E-state index >= 15 is 0 Å². The van der Waals surface area contributed by atoms with Gasteiger partial charge in [-0.2, -0.15) is 0 Å². The molecule has 1 amide bonds. The molecule has 4 heteroatoms. The summed E-state index contributed by atoms with van der Waals surface area (Å²) in [5.74, 6) is -0.0145. The Morgan fingerprint density at radius 1 is 1.35 bits per heavy atom. The van der Waals surface area contributed by atoms with E-state index in [4.69, 9.17) is 10.8 Å². The molecule has 0 aromatic rings. The van der Waals surface area contributed by atoms with Gasteiger partial charge in [-0.15, -0.1) is 0 Å². The minimum Gasteiger partial charge on any atom is -0.396 e. The van der Waals surface area contributed by atoms with Crippen LogP contribution in [0, 0.1) is 5.41 Å². The van der Waals surface area contributed by atoms with Gasteiger partial charge in [-0.3, -0.25) is 4.79 Å². The predicted octanol–water partition coefficient (Wildman–Crippen LogP) is 1.42. The molecule has 0 aliphatic carbocycles. The molecule has 0 aliphatic heterocycles. The molecule has 0 fully saturated rings. The Balaban J connectivity index is 4.22. The first-order valence-electron chi connectivity index (χ1n) is 6.47. The van der Waals surface area contributed by atoms with E-state index in [0.29, 0.717) is 12.8 Å². The summed E-state index contributed by atoms with van der Waals surface area (Å²) in [7, 11) is 0. The minimum atomic E-state index is -0.0604. The number of rotatable bonds is 7. The Morgan fingerprint density at radius 2 is 1.94 bits per heavy atom. The highest BCUT2D eigenvalue weighted by Crippen LogP contribution is 2.21. The second-order valence-electron chi connectivity index (χ2n) is 5.75. The molecular formula is C13H28N2O2. The Kier molecular flexibility index (Phi) is 7.39. The lowest BCUT2D eigenvalue weighted by Gasteiger charge is -2.31. The van der Waals surface area contributed by atoms with Crippen LogP contribution in [0.25, 0.3) is 0 Å². The van der Waals surface area contributed by atoms with Crippen molar-refractivity contribution in [2.75, 3.05) is 6.61 Å². The van der Waals surface area contributed by atoms with Crippen LogP contribution in [-0.4, -0.2) is 29.7 Å². The van der Waals surface area contributed by atoms with Crippen molar-refractivity contribution in [1.29, 1.82) is 0 Å². The molecule has 0 spiro atoms. The number of aliphatic hydroxyl groups excluding tert-OH is 1. The maximum Gasteiger partial charge on any atom is 0.221 e. The molecule has 2 unspecified atom stereocenters. The molecule has 0 aromatic heterocycles. The van der Waals surface area contributed by atoms with Crippen LogP contribution in [0.15, 0.2) is 0 Å². The lowest BCUT2D eigenvalue weighted by atomic mass is 9.85. The number of carbonyl (C=O) groups excluding carboxylic acids is 1. The Labute approximate surface area is 105 Å². The van der Waals surface area contributed by atoms with Gasteiger partial charge in [0.05, 0.1) is 0 Å². The van der Waals surface area contributed by atoms with Gasteiger partial charge in [-0.1, -0.05) is 34.1 Å². The summed E-state index contributed by atoms with van der Waals surface area (Å²) in [6.45, 7) is 8.31. The predicted molar refractivity (Wildman–Crippen MR) is 70.6 cm³/mol. The van der Waals surface area contributed by atoms with Gasteiger partial charge in [0.15, 0.2) is 0 Å². The molecule has 0 aliphatic rings. The molecule has 0 saturated heterocycles. The van der Waals surface area contributed by atoms with E-state index in [2.05, 4.69) is 33.0 Å². The fourth-order valence-corrected chi connectivity index (χ4v) is 1.82. The molecule has 0 radical (unpaired) electrons. The first-order chi connectivity index (χ1) is 7.81. The molecular weight excluding hydrogens is 216 g/mol. The highest BCUT2D eigenvalue weighted by atomic mass is 16.3. The summed E-state index contributed by atoms with van der Waals surface area (Å²) >= 11 is 0. The lowest BCUT2D eigenvalue weighted by Crippen LogP contribution is -2.45. The fraction of sp³-hybridized carbons (Fsp3) is 0.923. The lowest BCUT2D eigenvalue weighted by molar-refractivity contribution is -0.123. The summed E-state index contributed by atoms with van der Waals surface area (Å²) in [6, 6.07) is -0.0661. The topological polar surface area (TPSA) is 75.4 Å². The molecule has 0 aromatic carbocycles.